The molecule has 0 aliphatic heterocycles. The van der Waals surface area contributed by atoms with Gasteiger partial charge in [0.15, 0.2) is 6.26 Å². The standard InChI is InChI=1S/C9H8NS3.F6P/c1-11-9-12-8(10-13-9)7-5-3-2-4-6-7;1-7(2,3,4,5)6/h2-6H,1H3;/q+1;-1. The van der Waals surface area contributed by atoms with Gasteiger partial charge in [0.25, 0.3) is 0 Å². The molecule has 0 saturated heterocycles. The first-order valence-electron chi connectivity index (χ1n) is 4.81. The van der Waals surface area contributed by atoms with Crippen LogP contribution in [-0.4, -0.2) is 10.6 Å². The summed E-state index contributed by atoms with van der Waals surface area (Å²) in [7, 11) is -10.7. The minimum absolute atomic E-state index is 1.12. The van der Waals surface area contributed by atoms with Gasteiger partial charge in [-0.05, 0) is 11.3 Å². The van der Waals surface area contributed by atoms with E-state index in [1.54, 1.807) is 34.2 Å². The van der Waals surface area contributed by atoms with E-state index in [4.69, 9.17) is 0 Å². The number of rotatable bonds is 1. The van der Waals surface area contributed by atoms with Crippen molar-refractivity contribution in [3.05, 3.63) is 33.5 Å². The van der Waals surface area contributed by atoms with Crippen LogP contribution in [0.2, 0.25) is 0 Å². The van der Waals surface area contributed by atoms with Crippen LogP contribution in [0.25, 0.3) is 10.6 Å². The van der Waals surface area contributed by atoms with Crippen LogP contribution in [0.3, 0.4) is 0 Å². The molecule has 0 amide bonds. The van der Waals surface area contributed by atoms with E-state index in [2.05, 4.69) is 22.8 Å². The van der Waals surface area contributed by atoms with E-state index in [0.29, 0.717) is 0 Å². The Morgan fingerprint density at radius 2 is 1.50 bits per heavy atom. The van der Waals surface area contributed by atoms with Gasteiger partial charge in [0.05, 0.1) is 0 Å². The molecule has 2 rings (SSSR count). The predicted molar refractivity (Wildman–Crippen MR) is 75.5 cm³/mol. The van der Waals surface area contributed by atoms with Crippen LogP contribution in [0, 0.1) is 3.14 Å². The zero-order valence-electron chi connectivity index (χ0n) is 9.77. The quantitative estimate of drug-likeness (QED) is 0.241. The molecule has 0 unspecified atom stereocenters. The molecule has 11 heteroatoms. The van der Waals surface area contributed by atoms with Gasteiger partial charge >= 0.3 is 36.1 Å². The Labute approximate surface area is 122 Å². The van der Waals surface area contributed by atoms with E-state index in [-0.39, 0.29) is 0 Å². The van der Waals surface area contributed by atoms with Crippen molar-refractivity contribution in [1.82, 2.24) is 4.37 Å². The molecule has 2 aromatic rings. The van der Waals surface area contributed by atoms with Crippen LogP contribution in [0.5, 0.6) is 0 Å². The van der Waals surface area contributed by atoms with Crippen molar-refractivity contribution in [3.63, 3.8) is 0 Å². The van der Waals surface area contributed by atoms with Gasteiger partial charge < -0.3 is 0 Å². The third-order valence-electron chi connectivity index (χ3n) is 1.57. The molecule has 1 nitrogen and oxygen atoms in total. The molecule has 0 aliphatic rings. The Morgan fingerprint density at radius 1 is 1.00 bits per heavy atom. The molecule has 1 heterocycles. The molecule has 114 valence electrons. The Hall–Kier alpha value is -0.570. The summed E-state index contributed by atoms with van der Waals surface area (Å²) in [6, 6.07) is 10.3. The van der Waals surface area contributed by atoms with E-state index in [1.165, 1.54) is 8.70 Å². The van der Waals surface area contributed by atoms with Crippen LogP contribution in [0.15, 0.2) is 30.3 Å². The van der Waals surface area contributed by atoms with Crippen LogP contribution in [0.1, 0.15) is 0 Å². The molecule has 0 fully saturated rings. The van der Waals surface area contributed by atoms with E-state index >= 15 is 0 Å². The second-order valence-electron chi connectivity index (χ2n) is 3.37. The average Bonchev–Trinajstić information content (AvgIpc) is 2.74. The molecule has 0 radical (unpaired) electrons. The van der Waals surface area contributed by atoms with Crippen molar-refractivity contribution in [2.45, 2.75) is 0 Å². The Balaban J connectivity index is 0.000000246. The molecular weight excluding hydrogens is 363 g/mol. The minimum atomic E-state index is -10.7. The van der Waals surface area contributed by atoms with Gasteiger partial charge in [-0.15, -0.1) is 0 Å². The van der Waals surface area contributed by atoms with Crippen molar-refractivity contribution in [2.24, 2.45) is 0 Å². The van der Waals surface area contributed by atoms with Gasteiger partial charge in [-0.2, -0.15) is 4.37 Å². The molecule has 0 bridgehead atoms. The SMILES string of the molecule is C[S+]=c1snc(-c2ccccc2)s1.F[P-](F)(F)(F)(F)F. The summed E-state index contributed by atoms with van der Waals surface area (Å²) in [5.74, 6) is 0. The van der Waals surface area contributed by atoms with Gasteiger partial charge in [-0.3, -0.25) is 0 Å². The average molecular weight is 371 g/mol. The van der Waals surface area contributed by atoms with E-state index < -0.39 is 7.81 Å². The first kappa shape index (κ1) is 17.5. The Morgan fingerprint density at radius 3 is 1.90 bits per heavy atom. The van der Waals surface area contributed by atoms with Crippen molar-refractivity contribution in [1.29, 1.82) is 0 Å². The number of halogens is 6. The maximum absolute atomic E-state index is 10.7. The predicted octanol–water partition coefficient (Wildman–Crippen LogP) is 6.50. The van der Waals surface area contributed by atoms with Crippen LogP contribution >= 0.6 is 30.7 Å². The van der Waals surface area contributed by atoms with Crippen molar-refractivity contribution >= 4 is 42.0 Å². The fourth-order valence-corrected chi connectivity index (χ4v) is 3.38. The normalized spacial score (nSPS) is 15.8. The number of hydrogen-bond acceptors (Lipinski definition) is 3. The fourth-order valence-electron chi connectivity index (χ4n) is 0.966. The third-order valence-corrected chi connectivity index (χ3v) is 5.08. The first-order valence-corrected chi connectivity index (χ1v) is 9.65. The second-order valence-corrected chi connectivity index (χ2v) is 8.65. The second kappa shape index (κ2) is 5.32. The Bertz CT molecular complexity index is 619. The van der Waals surface area contributed by atoms with Gasteiger partial charge in [0, 0.05) is 17.1 Å². The summed E-state index contributed by atoms with van der Waals surface area (Å²) in [5.41, 5.74) is 1.21. The van der Waals surface area contributed by atoms with Gasteiger partial charge in [-0.25, -0.2) is 0 Å². The number of nitrogens with zero attached hydrogens (tertiary/aromatic N) is 1. The summed E-state index contributed by atoms with van der Waals surface area (Å²) in [6.07, 6.45) is 2.08. The van der Waals surface area contributed by atoms with Crippen LogP contribution < -0.4 is 0 Å². The van der Waals surface area contributed by atoms with E-state index in [9.17, 15) is 25.2 Å². The zero-order valence-corrected chi connectivity index (χ0v) is 13.1. The maximum atomic E-state index is 9.87. The summed E-state index contributed by atoms with van der Waals surface area (Å²) in [6.45, 7) is 0. The molecule has 20 heavy (non-hydrogen) atoms. The van der Waals surface area contributed by atoms with Crippen LogP contribution in [-0.2, 0) is 11.4 Å². The van der Waals surface area contributed by atoms with Gasteiger partial charge in [-0.1, -0.05) is 30.3 Å². The van der Waals surface area contributed by atoms with E-state index in [0.717, 1.165) is 5.01 Å². The molecule has 0 saturated carbocycles. The monoisotopic (exact) mass is 371 g/mol. The van der Waals surface area contributed by atoms with Crippen molar-refractivity contribution in [3.8, 4) is 10.6 Å². The number of hydrogen-bond donors (Lipinski definition) is 0. The summed E-state index contributed by atoms with van der Waals surface area (Å²) < 4.78 is 64.9. The van der Waals surface area contributed by atoms with Crippen molar-refractivity contribution < 1.29 is 25.2 Å². The number of aromatic nitrogens is 1. The Kier molecular flexibility index (Phi) is 4.65. The molecule has 0 aliphatic carbocycles. The van der Waals surface area contributed by atoms with Gasteiger partial charge in [0.2, 0.25) is 11.4 Å². The zero-order chi connectivity index (χ0) is 15.5. The molecular formula is C9H8F6NPS3. The molecule has 1 aromatic heterocycles. The number of benzene rings is 1. The first-order chi connectivity index (χ1) is 8.85. The molecule has 0 atom stereocenters. The van der Waals surface area contributed by atoms with Crippen LogP contribution in [0.4, 0.5) is 25.2 Å². The van der Waals surface area contributed by atoms with E-state index in [1.807, 2.05) is 18.2 Å². The van der Waals surface area contributed by atoms with Gasteiger partial charge in [0.1, 0.15) is 5.01 Å². The topological polar surface area (TPSA) is 12.9 Å². The fraction of sp³-hybridized carbons (Fsp3) is 0.111. The summed E-state index contributed by atoms with van der Waals surface area (Å²) in [4.78, 5) is 0. The molecule has 0 spiro atoms. The van der Waals surface area contributed by atoms with Crippen molar-refractivity contribution in [2.75, 3.05) is 6.26 Å². The molecule has 1 aromatic carbocycles. The third kappa shape index (κ3) is 9.35. The molecule has 0 N–H and O–H groups in total. The summed E-state index contributed by atoms with van der Waals surface area (Å²) >= 11 is 5.09. The summed E-state index contributed by atoms with van der Waals surface area (Å²) in [5, 5.41) is 1.12.